The van der Waals surface area contributed by atoms with Crippen LogP contribution in [0.15, 0.2) is 22.7 Å². The van der Waals surface area contributed by atoms with Crippen LogP contribution in [-0.2, 0) is 6.42 Å². The topological polar surface area (TPSA) is 26.0 Å². The van der Waals surface area contributed by atoms with E-state index in [9.17, 15) is 0 Å². The molecule has 0 aliphatic carbocycles. The van der Waals surface area contributed by atoms with Crippen molar-refractivity contribution in [2.24, 2.45) is 5.73 Å². The van der Waals surface area contributed by atoms with Gasteiger partial charge < -0.3 is 5.73 Å². The maximum atomic E-state index is 5.45. The molecule has 0 atom stereocenters. The van der Waals surface area contributed by atoms with Crippen molar-refractivity contribution < 1.29 is 0 Å². The van der Waals surface area contributed by atoms with E-state index in [0.717, 1.165) is 23.9 Å². The van der Waals surface area contributed by atoms with Crippen LogP contribution in [0.4, 0.5) is 0 Å². The predicted octanol–water partition coefficient (Wildman–Crippen LogP) is 2.95. The number of benzene rings is 1. The number of hydrogen-bond acceptors (Lipinski definition) is 1. The van der Waals surface area contributed by atoms with E-state index in [1.54, 1.807) is 0 Å². The van der Waals surface area contributed by atoms with Crippen LogP contribution < -0.4 is 5.73 Å². The van der Waals surface area contributed by atoms with Crippen molar-refractivity contribution in [3.8, 4) is 0 Å². The SMILES string of the molecule is NCCCc1cc(Br)ccc1I. The molecule has 1 aromatic carbocycles. The average Bonchev–Trinajstić information content (AvgIpc) is 2.07. The summed E-state index contributed by atoms with van der Waals surface area (Å²) in [5, 5.41) is 0. The van der Waals surface area contributed by atoms with Gasteiger partial charge >= 0.3 is 0 Å². The molecule has 0 unspecified atom stereocenters. The first-order chi connectivity index (χ1) is 5.74. The van der Waals surface area contributed by atoms with Crippen LogP contribution in [0.25, 0.3) is 0 Å². The van der Waals surface area contributed by atoms with Gasteiger partial charge in [-0.05, 0) is 65.7 Å². The number of halogens is 2. The van der Waals surface area contributed by atoms with Gasteiger partial charge in [0.2, 0.25) is 0 Å². The van der Waals surface area contributed by atoms with Gasteiger partial charge in [0.1, 0.15) is 0 Å². The average molecular weight is 340 g/mol. The van der Waals surface area contributed by atoms with Crippen molar-refractivity contribution >= 4 is 38.5 Å². The van der Waals surface area contributed by atoms with Gasteiger partial charge in [0.15, 0.2) is 0 Å². The molecule has 0 aliphatic rings. The Labute approximate surface area is 95.0 Å². The van der Waals surface area contributed by atoms with E-state index < -0.39 is 0 Å². The summed E-state index contributed by atoms with van der Waals surface area (Å²) in [5.41, 5.74) is 6.83. The largest absolute Gasteiger partial charge is 0.330 e. The molecule has 1 aromatic rings. The molecule has 66 valence electrons. The number of aryl methyl sites for hydroxylation is 1. The summed E-state index contributed by atoms with van der Waals surface area (Å²) in [6, 6.07) is 6.35. The monoisotopic (exact) mass is 339 g/mol. The van der Waals surface area contributed by atoms with E-state index in [1.807, 2.05) is 0 Å². The van der Waals surface area contributed by atoms with E-state index in [2.05, 4.69) is 56.7 Å². The smallest absolute Gasteiger partial charge is 0.0178 e. The van der Waals surface area contributed by atoms with Crippen LogP contribution >= 0.6 is 38.5 Å². The zero-order valence-corrected chi connectivity index (χ0v) is 10.4. The molecular formula is C9H11BrIN. The van der Waals surface area contributed by atoms with Crippen molar-refractivity contribution in [2.45, 2.75) is 12.8 Å². The Hall–Kier alpha value is 0.390. The zero-order valence-electron chi connectivity index (χ0n) is 6.69. The molecule has 1 nitrogen and oxygen atoms in total. The second-order valence-corrected chi connectivity index (χ2v) is 4.71. The Morgan fingerprint density at radius 2 is 2.17 bits per heavy atom. The number of nitrogens with two attached hydrogens (primary N) is 1. The third-order valence-electron chi connectivity index (χ3n) is 1.66. The van der Waals surface area contributed by atoms with Gasteiger partial charge in [0, 0.05) is 8.04 Å². The Balaban J connectivity index is 2.75. The molecule has 1 rings (SSSR count). The van der Waals surface area contributed by atoms with Gasteiger partial charge in [-0.2, -0.15) is 0 Å². The summed E-state index contributed by atoms with van der Waals surface area (Å²) >= 11 is 5.81. The van der Waals surface area contributed by atoms with E-state index in [4.69, 9.17) is 5.73 Å². The van der Waals surface area contributed by atoms with E-state index >= 15 is 0 Å². The minimum atomic E-state index is 0.766. The van der Waals surface area contributed by atoms with Crippen LogP contribution in [0.1, 0.15) is 12.0 Å². The molecule has 0 bridgehead atoms. The molecule has 0 spiro atoms. The molecular weight excluding hydrogens is 329 g/mol. The molecule has 0 saturated carbocycles. The Morgan fingerprint density at radius 3 is 2.83 bits per heavy atom. The summed E-state index contributed by atoms with van der Waals surface area (Å²) in [7, 11) is 0. The summed E-state index contributed by atoms with van der Waals surface area (Å²) in [5.74, 6) is 0. The van der Waals surface area contributed by atoms with Crippen molar-refractivity contribution in [1.82, 2.24) is 0 Å². The van der Waals surface area contributed by atoms with Gasteiger partial charge in [0.25, 0.3) is 0 Å². The van der Waals surface area contributed by atoms with E-state index in [-0.39, 0.29) is 0 Å². The minimum Gasteiger partial charge on any atom is -0.330 e. The first-order valence-electron chi connectivity index (χ1n) is 3.88. The van der Waals surface area contributed by atoms with Crippen LogP contribution in [0, 0.1) is 3.57 Å². The lowest BCUT2D eigenvalue weighted by molar-refractivity contribution is 0.829. The number of rotatable bonds is 3. The normalized spacial score (nSPS) is 10.2. The summed E-state index contributed by atoms with van der Waals surface area (Å²) < 4.78 is 2.47. The summed E-state index contributed by atoms with van der Waals surface area (Å²) in [6.07, 6.45) is 2.14. The van der Waals surface area contributed by atoms with Gasteiger partial charge in [-0.3, -0.25) is 0 Å². The third kappa shape index (κ3) is 3.03. The highest BCUT2D eigenvalue weighted by molar-refractivity contribution is 14.1. The fraction of sp³-hybridized carbons (Fsp3) is 0.333. The minimum absolute atomic E-state index is 0.766. The highest BCUT2D eigenvalue weighted by Gasteiger charge is 1.99. The van der Waals surface area contributed by atoms with Crippen LogP contribution in [0.2, 0.25) is 0 Å². The zero-order chi connectivity index (χ0) is 8.97. The quantitative estimate of drug-likeness (QED) is 0.842. The molecule has 0 saturated heterocycles. The fourth-order valence-corrected chi connectivity index (χ4v) is 2.04. The van der Waals surface area contributed by atoms with Crippen molar-refractivity contribution in [1.29, 1.82) is 0 Å². The van der Waals surface area contributed by atoms with Crippen molar-refractivity contribution in [2.75, 3.05) is 6.54 Å². The maximum absolute atomic E-state index is 5.45. The Morgan fingerprint density at radius 1 is 1.42 bits per heavy atom. The second kappa shape index (κ2) is 5.19. The number of hydrogen-bond donors (Lipinski definition) is 1. The first-order valence-corrected chi connectivity index (χ1v) is 5.75. The second-order valence-electron chi connectivity index (χ2n) is 2.63. The lowest BCUT2D eigenvalue weighted by atomic mass is 10.1. The molecule has 0 aromatic heterocycles. The van der Waals surface area contributed by atoms with E-state index in [1.165, 1.54) is 9.13 Å². The molecule has 2 N–H and O–H groups in total. The van der Waals surface area contributed by atoms with Gasteiger partial charge in [-0.15, -0.1) is 0 Å². The van der Waals surface area contributed by atoms with Gasteiger partial charge in [-0.1, -0.05) is 15.9 Å². The van der Waals surface area contributed by atoms with Crippen LogP contribution in [0.5, 0.6) is 0 Å². The molecule has 0 aliphatic heterocycles. The van der Waals surface area contributed by atoms with Crippen LogP contribution in [-0.4, -0.2) is 6.54 Å². The fourth-order valence-electron chi connectivity index (χ4n) is 1.03. The molecule has 12 heavy (non-hydrogen) atoms. The molecule has 0 amide bonds. The summed E-state index contributed by atoms with van der Waals surface area (Å²) in [4.78, 5) is 0. The standard InChI is InChI=1S/C9H11BrIN/c10-8-3-4-9(11)7(6-8)2-1-5-12/h3-4,6H,1-2,5,12H2. The summed E-state index contributed by atoms with van der Waals surface area (Å²) in [6.45, 7) is 0.766. The lowest BCUT2D eigenvalue weighted by Gasteiger charge is -2.03. The molecule has 0 heterocycles. The lowest BCUT2D eigenvalue weighted by Crippen LogP contribution is -2.01. The molecule has 0 fully saturated rings. The highest BCUT2D eigenvalue weighted by Crippen LogP contribution is 2.19. The first kappa shape index (κ1) is 10.5. The molecule has 0 radical (unpaired) electrons. The van der Waals surface area contributed by atoms with E-state index in [0.29, 0.717) is 0 Å². The van der Waals surface area contributed by atoms with Gasteiger partial charge in [0.05, 0.1) is 0 Å². The van der Waals surface area contributed by atoms with Gasteiger partial charge in [-0.25, -0.2) is 0 Å². The van der Waals surface area contributed by atoms with Crippen molar-refractivity contribution in [3.05, 3.63) is 31.8 Å². The Bertz CT molecular complexity index is 263. The third-order valence-corrected chi connectivity index (χ3v) is 3.20. The van der Waals surface area contributed by atoms with Crippen LogP contribution in [0.3, 0.4) is 0 Å². The highest BCUT2D eigenvalue weighted by atomic mass is 127. The Kier molecular flexibility index (Phi) is 4.53. The van der Waals surface area contributed by atoms with Crippen molar-refractivity contribution in [3.63, 3.8) is 0 Å². The predicted molar refractivity (Wildman–Crippen MR) is 64.2 cm³/mol. The maximum Gasteiger partial charge on any atom is 0.0178 e. The molecule has 3 heteroatoms.